The fourth-order valence-electron chi connectivity index (χ4n) is 3.70. The van der Waals surface area contributed by atoms with Crippen LogP contribution in [0, 0.1) is 45.6 Å². The van der Waals surface area contributed by atoms with Crippen molar-refractivity contribution in [1.29, 1.82) is 10.5 Å². The van der Waals surface area contributed by atoms with Crippen molar-refractivity contribution >= 4 is 17.0 Å². The van der Waals surface area contributed by atoms with Crippen LogP contribution in [0.1, 0.15) is 22.7 Å². The second-order valence-electron chi connectivity index (χ2n) is 7.23. The van der Waals surface area contributed by atoms with Gasteiger partial charge in [0.05, 0.1) is 21.9 Å². The molecule has 33 heavy (non-hydrogen) atoms. The molecule has 0 aliphatic rings. The number of nitriles is 2. The fraction of sp³-hybridized carbons (Fsp3) is 0.130. The van der Waals surface area contributed by atoms with E-state index in [-0.39, 0.29) is 5.69 Å². The minimum Gasteiger partial charge on any atom is -0.293 e. The number of benzene rings is 2. The number of aromatic amines is 1. The third-order valence-corrected chi connectivity index (χ3v) is 6.26. The average Bonchev–Trinajstić information content (AvgIpc) is 3.43. The second-order valence-corrected chi connectivity index (χ2v) is 8.24. The molecule has 0 spiro atoms. The number of thiazole rings is 1. The number of aromatic nitrogens is 3. The predicted octanol–water partition coefficient (Wildman–Crippen LogP) is 4.30. The standard InChI is InChI=1S/C23H16N6O3S/c1-14-20(21(17(11-24)12-25)15-6-3-2-4-7-15)22(30)28(27-14)23-26-13-19(33-23)16-8-5-9-18(10-16)29(31)32/h2-10,13,17,21,27H,1H3. The van der Waals surface area contributed by atoms with Crippen molar-refractivity contribution in [3.63, 3.8) is 0 Å². The predicted molar refractivity (Wildman–Crippen MR) is 122 cm³/mol. The van der Waals surface area contributed by atoms with Gasteiger partial charge in [-0.1, -0.05) is 53.8 Å². The molecule has 0 aliphatic carbocycles. The van der Waals surface area contributed by atoms with Gasteiger partial charge in [0.2, 0.25) is 5.13 Å². The summed E-state index contributed by atoms with van der Waals surface area (Å²) < 4.78 is 1.28. The molecular formula is C23H16N6O3S. The van der Waals surface area contributed by atoms with Crippen LogP contribution in [0.15, 0.2) is 65.6 Å². The lowest BCUT2D eigenvalue weighted by atomic mass is 9.82. The zero-order valence-electron chi connectivity index (χ0n) is 17.3. The smallest absolute Gasteiger partial charge is 0.277 e. The highest BCUT2D eigenvalue weighted by atomic mass is 32.1. The van der Waals surface area contributed by atoms with E-state index in [1.807, 2.05) is 18.2 Å². The Morgan fingerprint density at radius 1 is 1.15 bits per heavy atom. The Kier molecular flexibility index (Phi) is 5.85. The Morgan fingerprint density at radius 3 is 2.55 bits per heavy atom. The van der Waals surface area contributed by atoms with Gasteiger partial charge < -0.3 is 0 Å². The van der Waals surface area contributed by atoms with Crippen molar-refractivity contribution in [2.75, 3.05) is 0 Å². The number of rotatable bonds is 6. The summed E-state index contributed by atoms with van der Waals surface area (Å²) in [5, 5.41) is 33.6. The molecule has 1 unspecified atom stereocenters. The van der Waals surface area contributed by atoms with Crippen LogP contribution in [0.5, 0.6) is 0 Å². The summed E-state index contributed by atoms with van der Waals surface area (Å²) in [5.41, 5.74) is 1.70. The van der Waals surface area contributed by atoms with Crippen LogP contribution in [0.25, 0.3) is 15.6 Å². The number of hydrogen-bond acceptors (Lipinski definition) is 7. The van der Waals surface area contributed by atoms with Crippen molar-refractivity contribution in [3.8, 4) is 27.7 Å². The quantitative estimate of drug-likeness (QED) is 0.339. The molecule has 2 heterocycles. The third kappa shape index (κ3) is 4.03. The van der Waals surface area contributed by atoms with Crippen LogP contribution in [0.2, 0.25) is 0 Å². The SMILES string of the molecule is Cc1[nH]n(-c2ncc(-c3cccc([N+](=O)[O-])c3)s2)c(=O)c1C(c1ccccc1)C(C#N)C#N. The number of nitrogens with zero attached hydrogens (tertiary/aromatic N) is 5. The number of aryl methyl sites for hydroxylation is 1. The monoisotopic (exact) mass is 456 g/mol. The van der Waals surface area contributed by atoms with Gasteiger partial charge in [0.15, 0.2) is 0 Å². The minimum atomic E-state index is -1.06. The molecule has 1 N–H and O–H groups in total. The molecule has 0 saturated heterocycles. The zero-order chi connectivity index (χ0) is 23.5. The highest BCUT2D eigenvalue weighted by Gasteiger charge is 2.31. The highest BCUT2D eigenvalue weighted by Crippen LogP contribution is 2.33. The van der Waals surface area contributed by atoms with Crippen LogP contribution < -0.4 is 5.56 Å². The van der Waals surface area contributed by atoms with Crippen LogP contribution in [0.3, 0.4) is 0 Å². The van der Waals surface area contributed by atoms with Crippen LogP contribution in [-0.2, 0) is 0 Å². The van der Waals surface area contributed by atoms with Gasteiger partial charge in [0.25, 0.3) is 11.2 Å². The Hall–Kier alpha value is -4.54. The average molecular weight is 456 g/mol. The van der Waals surface area contributed by atoms with Crippen molar-refractivity contribution in [1.82, 2.24) is 14.8 Å². The Morgan fingerprint density at radius 2 is 1.88 bits per heavy atom. The summed E-state index contributed by atoms with van der Waals surface area (Å²) in [6.45, 7) is 1.71. The van der Waals surface area contributed by atoms with E-state index in [1.165, 1.54) is 28.2 Å². The van der Waals surface area contributed by atoms with E-state index in [4.69, 9.17) is 0 Å². The second kappa shape index (κ2) is 8.91. The lowest BCUT2D eigenvalue weighted by Crippen LogP contribution is -2.23. The Labute approximate surface area is 191 Å². The normalized spacial score (nSPS) is 11.6. The highest BCUT2D eigenvalue weighted by molar-refractivity contribution is 7.17. The summed E-state index contributed by atoms with van der Waals surface area (Å²) in [6, 6.07) is 19.1. The van der Waals surface area contributed by atoms with Gasteiger partial charge in [0.1, 0.15) is 5.92 Å². The molecule has 0 saturated carbocycles. The first kappa shape index (κ1) is 21.7. The number of nitro benzene ring substituents is 1. The number of hydrogen-bond donors (Lipinski definition) is 1. The molecule has 162 valence electrons. The molecule has 10 heteroatoms. The summed E-state index contributed by atoms with van der Waals surface area (Å²) >= 11 is 1.19. The molecule has 4 rings (SSSR count). The summed E-state index contributed by atoms with van der Waals surface area (Å²) in [7, 11) is 0. The first-order valence-corrected chi connectivity index (χ1v) is 10.6. The topological polar surface area (TPSA) is 141 Å². The summed E-state index contributed by atoms with van der Waals surface area (Å²) in [6.07, 6.45) is 1.55. The molecule has 9 nitrogen and oxygen atoms in total. The van der Waals surface area contributed by atoms with Crippen molar-refractivity contribution in [2.45, 2.75) is 12.8 Å². The van der Waals surface area contributed by atoms with E-state index >= 15 is 0 Å². The lowest BCUT2D eigenvalue weighted by molar-refractivity contribution is -0.384. The lowest BCUT2D eigenvalue weighted by Gasteiger charge is -2.16. The fourth-order valence-corrected chi connectivity index (χ4v) is 4.57. The largest absolute Gasteiger partial charge is 0.293 e. The van der Waals surface area contributed by atoms with Gasteiger partial charge in [-0.05, 0) is 12.5 Å². The summed E-state index contributed by atoms with van der Waals surface area (Å²) in [4.78, 5) is 29.0. The summed E-state index contributed by atoms with van der Waals surface area (Å²) in [5.74, 6) is -1.79. The first-order chi connectivity index (χ1) is 15.9. The molecule has 0 bridgehead atoms. The van der Waals surface area contributed by atoms with E-state index in [9.17, 15) is 25.4 Å². The van der Waals surface area contributed by atoms with Crippen LogP contribution in [0.4, 0.5) is 5.69 Å². The van der Waals surface area contributed by atoms with E-state index in [1.54, 1.807) is 49.5 Å². The maximum absolute atomic E-state index is 13.4. The maximum Gasteiger partial charge on any atom is 0.277 e. The van der Waals surface area contributed by atoms with Gasteiger partial charge in [0, 0.05) is 41.1 Å². The van der Waals surface area contributed by atoms with E-state index in [2.05, 4.69) is 10.1 Å². The molecule has 0 aliphatic heterocycles. The molecule has 2 aromatic heterocycles. The zero-order valence-corrected chi connectivity index (χ0v) is 18.1. The molecule has 4 aromatic rings. The maximum atomic E-state index is 13.4. The number of H-pyrrole nitrogens is 1. The van der Waals surface area contributed by atoms with E-state index in [0.29, 0.717) is 32.4 Å². The van der Waals surface area contributed by atoms with Crippen molar-refractivity contribution in [3.05, 3.63) is 98.1 Å². The van der Waals surface area contributed by atoms with Crippen molar-refractivity contribution < 1.29 is 4.92 Å². The van der Waals surface area contributed by atoms with Crippen molar-refractivity contribution in [2.24, 2.45) is 5.92 Å². The van der Waals surface area contributed by atoms with Gasteiger partial charge in [-0.15, -0.1) is 0 Å². The number of non-ortho nitro benzene ring substituents is 1. The Bertz CT molecular complexity index is 1460. The van der Waals surface area contributed by atoms with Gasteiger partial charge in [-0.25, -0.2) is 4.98 Å². The number of nitro groups is 1. The molecular weight excluding hydrogens is 440 g/mol. The van der Waals surface area contributed by atoms with Gasteiger partial charge >= 0.3 is 0 Å². The molecule has 0 radical (unpaired) electrons. The molecule has 0 amide bonds. The first-order valence-electron chi connectivity index (χ1n) is 9.81. The van der Waals surface area contributed by atoms with Gasteiger partial charge in [-0.3, -0.25) is 20.0 Å². The Balaban J connectivity index is 1.80. The third-order valence-electron chi connectivity index (χ3n) is 5.22. The van der Waals surface area contributed by atoms with Crippen LogP contribution >= 0.6 is 11.3 Å². The molecule has 2 aromatic carbocycles. The molecule has 1 atom stereocenters. The van der Waals surface area contributed by atoms with E-state index < -0.39 is 22.3 Å². The number of nitrogens with one attached hydrogen (secondary N) is 1. The van der Waals surface area contributed by atoms with Crippen LogP contribution in [-0.4, -0.2) is 19.7 Å². The van der Waals surface area contributed by atoms with Gasteiger partial charge in [-0.2, -0.15) is 15.2 Å². The minimum absolute atomic E-state index is 0.0395. The van der Waals surface area contributed by atoms with E-state index in [0.717, 1.165) is 0 Å². The molecule has 0 fully saturated rings.